The molecule has 0 radical (unpaired) electrons. The van der Waals surface area contributed by atoms with E-state index in [-0.39, 0.29) is 60.4 Å². The molecule has 0 atom stereocenters. The maximum atomic E-state index is 12.8. The molecular formula is C20H17F6N5O3. The highest BCUT2D eigenvalue weighted by Gasteiger charge is 2.42. The van der Waals surface area contributed by atoms with Crippen molar-refractivity contribution in [1.82, 2.24) is 24.9 Å². The molecule has 1 aliphatic carbocycles. The van der Waals surface area contributed by atoms with Crippen LogP contribution in [0.3, 0.4) is 0 Å². The molecule has 1 saturated carbocycles. The maximum Gasteiger partial charge on any atom is 0.522 e. The number of ether oxygens (including phenoxy) is 1. The van der Waals surface area contributed by atoms with Gasteiger partial charge in [0.05, 0.1) is 11.7 Å². The number of pyridine rings is 1. The van der Waals surface area contributed by atoms with Crippen LogP contribution in [0, 0.1) is 0 Å². The zero-order chi connectivity index (χ0) is 24.7. The minimum absolute atomic E-state index is 0.0390. The summed E-state index contributed by atoms with van der Waals surface area (Å²) in [7, 11) is 0. The van der Waals surface area contributed by atoms with Gasteiger partial charge in [-0.2, -0.15) is 13.2 Å². The van der Waals surface area contributed by atoms with Gasteiger partial charge < -0.3 is 14.1 Å². The van der Waals surface area contributed by atoms with Gasteiger partial charge >= 0.3 is 12.5 Å². The number of rotatable bonds is 7. The molecule has 1 fully saturated rings. The number of carbonyl (C=O) groups is 1. The van der Waals surface area contributed by atoms with Gasteiger partial charge in [-0.05, 0) is 31.4 Å². The van der Waals surface area contributed by atoms with E-state index in [2.05, 4.69) is 31.8 Å². The standard InChI is InChI=1S/C20H17F6N5O3/c1-10(2-3-16-29-30-18(33-16)11-6-13(7-11)34-20(24,25)26)27-17(32)14-9-31-5-4-12(19(21,22)23)8-15(31)28-14/h4-5,8-9,11,13H,1-3,6-7H2,(H,27,32). The first kappa shape index (κ1) is 23.7. The molecule has 1 aliphatic rings. The lowest BCUT2D eigenvalue weighted by molar-refractivity contribution is -0.352. The van der Waals surface area contributed by atoms with Crippen molar-refractivity contribution >= 4 is 11.6 Å². The minimum Gasteiger partial charge on any atom is -0.425 e. The number of nitrogens with zero attached hydrogens (tertiary/aromatic N) is 4. The smallest absolute Gasteiger partial charge is 0.425 e. The van der Waals surface area contributed by atoms with E-state index < -0.39 is 30.1 Å². The average Bonchev–Trinajstić information content (AvgIpc) is 3.33. The van der Waals surface area contributed by atoms with Crippen molar-refractivity contribution in [3.8, 4) is 0 Å². The summed E-state index contributed by atoms with van der Waals surface area (Å²) in [6, 6.07) is 1.71. The Labute approximate surface area is 187 Å². The topological polar surface area (TPSA) is 94.5 Å². The zero-order valence-electron chi connectivity index (χ0n) is 17.3. The SMILES string of the molecule is C=C(CCc1nnc(C2CC(OC(F)(F)F)C2)o1)NC(=O)c1cn2ccc(C(F)(F)F)cc2n1. The molecule has 1 amide bonds. The van der Waals surface area contributed by atoms with Crippen LogP contribution in [-0.4, -0.2) is 38.0 Å². The van der Waals surface area contributed by atoms with Gasteiger partial charge in [0, 0.05) is 30.4 Å². The van der Waals surface area contributed by atoms with Gasteiger partial charge in [0.1, 0.15) is 11.3 Å². The van der Waals surface area contributed by atoms with Crippen molar-refractivity contribution in [2.75, 3.05) is 0 Å². The fourth-order valence-electron chi connectivity index (χ4n) is 3.40. The predicted octanol–water partition coefficient (Wildman–Crippen LogP) is 4.39. The Kier molecular flexibility index (Phi) is 6.10. The van der Waals surface area contributed by atoms with Gasteiger partial charge in [-0.3, -0.25) is 9.53 Å². The fraction of sp³-hybridized carbons (Fsp3) is 0.400. The molecule has 0 unspecified atom stereocenters. The number of hydrogen-bond donors (Lipinski definition) is 1. The van der Waals surface area contributed by atoms with Crippen LogP contribution in [0.1, 0.15) is 53.0 Å². The van der Waals surface area contributed by atoms with Crippen molar-refractivity contribution in [1.29, 1.82) is 0 Å². The van der Waals surface area contributed by atoms with E-state index in [4.69, 9.17) is 4.42 Å². The number of nitrogens with one attached hydrogen (secondary N) is 1. The van der Waals surface area contributed by atoms with E-state index in [0.29, 0.717) is 0 Å². The highest BCUT2D eigenvalue weighted by molar-refractivity contribution is 5.93. The molecule has 3 aromatic rings. The lowest BCUT2D eigenvalue weighted by Gasteiger charge is -2.32. The van der Waals surface area contributed by atoms with Crippen LogP contribution in [0.2, 0.25) is 0 Å². The van der Waals surface area contributed by atoms with Crippen molar-refractivity contribution < 1.29 is 40.3 Å². The summed E-state index contributed by atoms with van der Waals surface area (Å²) in [6.07, 6.45) is -7.05. The van der Waals surface area contributed by atoms with Crippen molar-refractivity contribution in [3.05, 3.63) is 59.8 Å². The second-order valence-corrected chi connectivity index (χ2v) is 7.75. The Balaban J connectivity index is 1.27. The van der Waals surface area contributed by atoms with E-state index in [9.17, 15) is 31.1 Å². The number of carbonyl (C=O) groups excluding carboxylic acids is 1. The van der Waals surface area contributed by atoms with Crippen LogP contribution in [-0.2, 0) is 17.3 Å². The summed E-state index contributed by atoms with van der Waals surface area (Å²) in [6.45, 7) is 3.72. The summed E-state index contributed by atoms with van der Waals surface area (Å²) < 4.78 is 85.7. The highest BCUT2D eigenvalue weighted by Crippen LogP contribution is 2.40. The normalized spacial score (nSPS) is 18.6. The Morgan fingerprint density at radius 2 is 1.97 bits per heavy atom. The molecule has 4 rings (SSSR count). The van der Waals surface area contributed by atoms with E-state index in [1.807, 2.05) is 0 Å². The number of aryl methyl sites for hydroxylation is 1. The lowest BCUT2D eigenvalue weighted by Crippen LogP contribution is -2.34. The van der Waals surface area contributed by atoms with Crippen LogP contribution in [0.5, 0.6) is 0 Å². The maximum absolute atomic E-state index is 12.8. The number of fused-ring (bicyclic) bond motifs is 1. The molecule has 1 N–H and O–H groups in total. The molecular weight excluding hydrogens is 472 g/mol. The fourth-order valence-corrected chi connectivity index (χ4v) is 3.40. The molecule has 0 aromatic carbocycles. The van der Waals surface area contributed by atoms with Crippen LogP contribution in [0.25, 0.3) is 5.65 Å². The third kappa shape index (κ3) is 5.55. The van der Waals surface area contributed by atoms with E-state index in [1.165, 1.54) is 10.6 Å². The van der Waals surface area contributed by atoms with Crippen LogP contribution in [0.15, 0.2) is 41.2 Å². The third-order valence-corrected chi connectivity index (χ3v) is 5.18. The summed E-state index contributed by atoms with van der Waals surface area (Å²) in [5, 5.41) is 10.2. The Hall–Kier alpha value is -3.42. The van der Waals surface area contributed by atoms with Crippen LogP contribution in [0.4, 0.5) is 26.3 Å². The van der Waals surface area contributed by atoms with Gasteiger partial charge in [0.2, 0.25) is 11.8 Å². The number of allylic oxidation sites excluding steroid dienone is 1. The van der Waals surface area contributed by atoms with Crippen molar-refractivity contribution in [2.45, 2.75) is 50.2 Å². The third-order valence-electron chi connectivity index (χ3n) is 5.18. The molecule has 0 bridgehead atoms. The summed E-state index contributed by atoms with van der Waals surface area (Å²) in [5.41, 5.74) is -0.740. The van der Waals surface area contributed by atoms with Crippen LogP contribution >= 0.6 is 0 Å². The van der Waals surface area contributed by atoms with E-state index in [0.717, 1.165) is 18.3 Å². The highest BCUT2D eigenvalue weighted by atomic mass is 19.4. The number of amides is 1. The van der Waals surface area contributed by atoms with Gasteiger partial charge in [0.25, 0.3) is 5.91 Å². The number of aromatic nitrogens is 4. The molecule has 0 aliphatic heterocycles. The van der Waals surface area contributed by atoms with E-state index in [1.54, 1.807) is 0 Å². The number of alkyl halides is 6. The molecule has 34 heavy (non-hydrogen) atoms. The first-order valence-electron chi connectivity index (χ1n) is 9.99. The molecule has 8 nitrogen and oxygen atoms in total. The monoisotopic (exact) mass is 489 g/mol. The largest absolute Gasteiger partial charge is 0.522 e. The number of halogens is 6. The number of hydrogen-bond acceptors (Lipinski definition) is 6. The van der Waals surface area contributed by atoms with Crippen molar-refractivity contribution in [3.63, 3.8) is 0 Å². The average molecular weight is 489 g/mol. The second-order valence-electron chi connectivity index (χ2n) is 7.75. The molecule has 3 aromatic heterocycles. The molecule has 14 heteroatoms. The van der Waals surface area contributed by atoms with E-state index >= 15 is 0 Å². The minimum atomic E-state index is -4.68. The van der Waals surface area contributed by atoms with Gasteiger partial charge in [-0.15, -0.1) is 23.4 Å². The van der Waals surface area contributed by atoms with Crippen LogP contribution < -0.4 is 5.32 Å². The number of imidazole rings is 1. The van der Waals surface area contributed by atoms with Gasteiger partial charge in [-0.25, -0.2) is 4.98 Å². The Bertz CT molecular complexity index is 1210. The quantitative estimate of drug-likeness (QED) is 0.495. The van der Waals surface area contributed by atoms with Gasteiger partial charge in [-0.1, -0.05) is 6.58 Å². The summed E-state index contributed by atoms with van der Waals surface area (Å²) >= 11 is 0. The molecule has 0 saturated heterocycles. The Morgan fingerprint density at radius 1 is 1.24 bits per heavy atom. The molecule has 0 spiro atoms. The molecule has 182 valence electrons. The Morgan fingerprint density at radius 3 is 2.65 bits per heavy atom. The van der Waals surface area contributed by atoms with Gasteiger partial charge in [0.15, 0.2) is 0 Å². The molecule has 3 heterocycles. The summed E-state index contributed by atoms with van der Waals surface area (Å²) in [4.78, 5) is 16.3. The van der Waals surface area contributed by atoms with Crippen molar-refractivity contribution in [2.24, 2.45) is 0 Å². The predicted molar refractivity (Wildman–Crippen MR) is 102 cm³/mol. The first-order chi connectivity index (χ1) is 15.9. The zero-order valence-corrected chi connectivity index (χ0v) is 17.3. The second kappa shape index (κ2) is 8.74. The summed E-state index contributed by atoms with van der Waals surface area (Å²) in [5.74, 6) is -0.532. The lowest BCUT2D eigenvalue weighted by atomic mass is 9.82. The first-order valence-corrected chi connectivity index (χ1v) is 9.99.